The van der Waals surface area contributed by atoms with Crippen molar-refractivity contribution < 1.29 is 13.2 Å². The largest absolute Gasteiger partial charge is 0.342 e. The number of carbonyl (C=O) groups is 1. The van der Waals surface area contributed by atoms with Crippen molar-refractivity contribution in [3.05, 3.63) is 59.9 Å². The summed E-state index contributed by atoms with van der Waals surface area (Å²) in [6.45, 7) is 2.26. The van der Waals surface area contributed by atoms with Crippen LogP contribution in [0.25, 0.3) is 11.0 Å². The monoisotopic (exact) mass is 487 g/mol. The van der Waals surface area contributed by atoms with E-state index in [2.05, 4.69) is 20.2 Å². The Morgan fingerprint density at radius 3 is 2.64 bits per heavy atom. The van der Waals surface area contributed by atoms with Gasteiger partial charge in [0.05, 0.1) is 22.0 Å². The first-order valence-corrected chi connectivity index (χ1v) is 13.7. The topological polar surface area (TPSA) is 98.4 Å². The molecule has 1 saturated heterocycles. The number of piperazine rings is 1. The summed E-state index contributed by atoms with van der Waals surface area (Å²) in [5.74, 6) is 1.22. The number of hydrogen-bond acceptors (Lipinski definition) is 6. The maximum atomic E-state index is 13.1. The molecule has 176 valence electrons. The fraction of sp³-hybridized carbons (Fsp3) is 0.391. The van der Waals surface area contributed by atoms with E-state index in [1.807, 2.05) is 37.6 Å². The molecule has 0 bridgehead atoms. The zero-order chi connectivity index (χ0) is 23.4. The van der Waals surface area contributed by atoms with Gasteiger partial charge >= 0.3 is 0 Å². The highest BCUT2D eigenvalue weighted by atomic mass is 32.2. The SMILES string of the molecule is CSCC[C@H](NC(=O)c1cccc(S(=O)(=O)N2CCN(C)CC2)c1)c1nc2ccccc2[nH]1. The van der Waals surface area contributed by atoms with Gasteiger partial charge in [-0.2, -0.15) is 16.1 Å². The number of likely N-dealkylation sites (N-methyl/N-ethyl adjacent to an activating group) is 1. The number of fused-ring (bicyclic) bond motifs is 1. The Hall–Kier alpha value is -2.40. The first-order valence-electron chi connectivity index (χ1n) is 10.9. The lowest BCUT2D eigenvalue weighted by molar-refractivity contribution is 0.0934. The van der Waals surface area contributed by atoms with Crippen molar-refractivity contribution in [2.24, 2.45) is 0 Å². The Kier molecular flexibility index (Phi) is 7.38. The summed E-state index contributed by atoms with van der Waals surface area (Å²) in [6.07, 6.45) is 2.72. The highest BCUT2D eigenvalue weighted by Crippen LogP contribution is 2.22. The summed E-state index contributed by atoms with van der Waals surface area (Å²) in [4.78, 5) is 23.3. The zero-order valence-electron chi connectivity index (χ0n) is 18.8. The van der Waals surface area contributed by atoms with Crippen LogP contribution in [-0.4, -0.2) is 78.7 Å². The van der Waals surface area contributed by atoms with Crippen molar-refractivity contribution in [2.75, 3.05) is 45.2 Å². The second kappa shape index (κ2) is 10.3. The van der Waals surface area contributed by atoms with E-state index in [9.17, 15) is 13.2 Å². The fourth-order valence-corrected chi connectivity index (χ4v) is 5.81. The molecule has 33 heavy (non-hydrogen) atoms. The molecule has 0 spiro atoms. The Morgan fingerprint density at radius 1 is 1.15 bits per heavy atom. The molecular weight excluding hydrogens is 458 g/mol. The second-order valence-corrected chi connectivity index (χ2v) is 11.1. The Morgan fingerprint density at radius 2 is 1.91 bits per heavy atom. The molecule has 0 aliphatic carbocycles. The molecule has 0 saturated carbocycles. The molecule has 1 atom stereocenters. The average molecular weight is 488 g/mol. The molecule has 0 radical (unpaired) electrons. The summed E-state index contributed by atoms with van der Waals surface area (Å²) in [5, 5.41) is 3.05. The second-order valence-electron chi connectivity index (χ2n) is 8.18. The molecule has 2 aromatic carbocycles. The van der Waals surface area contributed by atoms with Gasteiger partial charge in [-0.1, -0.05) is 18.2 Å². The number of aromatic nitrogens is 2. The van der Waals surface area contributed by atoms with Gasteiger partial charge in [-0.15, -0.1) is 0 Å². The number of rotatable bonds is 8. The number of para-hydroxylation sites is 2. The quantitative estimate of drug-likeness (QED) is 0.507. The molecule has 4 rings (SSSR count). The van der Waals surface area contributed by atoms with Crippen LogP contribution in [0.1, 0.15) is 28.6 Å². The third-order valence-electron chi connectivity index (χ3n) is 5.85. The minimum absolute atomic E-state index is 0.143. The zero-order valence-corrected chi connectivity index (χ0v) is 20.5. The first-order chi connectivity index (χ1) is 15.9. The summed E-state index contributed by atoms with van der Waals surface area (Å²) >= 11 is 1.69. The molecule has 8 nitrogen and oxygen atoms in total. The first kappa shape index (κ1) is 23.7. The molecule has 1 aliphatic rings. The molecule has 1 amide bonds. The third kappa shape index (κ3) is 5.40. The van der Waals surface area contributed by atoms with Crippen LogP contribution in [0, 0.1) is 0 Å². The molecule has 2 N–H and O–H groups in total. The fourth-order valence-electron chi connectivity index (χ4n) is 3.87. The number of sulfonamides is 1. The van der Waals surface area contributed by atoms with E-state index >= 15 is 0 Å². The number of nitrogens with one attached hydrogen (secondary N) is 2. The average Bonchev–Trinajstić information content (AvgIpc) is 3.26. The van der Waals surface area contributed by atoms with Crippen molar-refractivity contribution >= 4 is 38.7 Å². The number of aromatic amines is 1. The van der Waals surface area contributed by atoms with E-state index < -0.39 is 10.0 Å². The number of benzene rings is 2. The number of carbonyl (C=O) groups excluding carboxylic acids is 1. The standard InChI is InChI=1S/C23H29N5O3S2/c1-27-11-13-28(14-12-27)33(30,31)18-7-5-6-17(16-18)23(29)26-21(10-15-32-2)22-24-19-8-3-4-9-20(19)25-22/h3-9,16,21H,10-15H2,1-2H3,(H,24,25)(H,26,29)/t21-/m0/s1. The number of thioether (sulfide) groups is 1. The predicted octanol–water partition coefficient (Wildman–Crippen LogP) is 2.72. The van der Waals surface area contributed by atoms with Crippen LogP contribution in [0.5, 0.6) is 0 Å². The van der Waals surface area contributed by atoms with Gasteiger partial charge in [0, 0.05) is 31.7 Å². The maximum Gasteiger partial charge on any atom is 0.251 e. The maximum absolute atomic E-state index is 13.1. The molecule has 1 fully saturated rings. The minimum atomic E-state index is -3.65. The summed E-state index contributed by atoms with van der Waals surface area (Å²) in [5.41, 5.74) is 2.07. The van der Waals surface area contributed by atoms with Crippen LogP contribution in [-0.2, 0) is 10.0 Å². The van der Waals surface area contributed by atoms with Crippen molar-refractivity contribution in [2.45, 2.75) is 17.4 Å². The Balaban J connectivity index is 1.55. The van der Waals surface area contributed by atoms with Gasteiger partial charge in [0.15, 0.2) is 0 Å². The minimum Gasteiger partial charge on any atom is -0.342 e. The molecular formula is C23H29N5O3S2. The van der Waals surface area contributed by atoms with Crippen molar-refractivity contribution in [1.29, 1.82) is 0 Å². The number of H-pyrrole nitrogens is 1. The van der Waals surface area contributed by atoms with Gasteiger partial charge in [-0.25, -0.2) is 13.4 Å². The van der Waals surface area contributed by atoms with Crippen LogP contribution >= 0.6 is 11.8 Å². The third-order valence-corrected chi connectivity index (χ3v) is 8.39. The van der Waals surface area contributed by atoms with Gasteiger partial charge in [-0.05, 0) is 55.8 Å². The lowest BCUT2D eigenvalue weighted by Crippen LogP contribution is -2.47. The van der Waals surface area contributed by atoms with Gasteiger partial charge < -0.3 is 15.2 Å². The molecule has 3 aromatic rings. The number of amides is 1. The number of hydrogen-bond donors (Lipinski definition) is 2. The van der Waals surface area contributed by atoms with Crippen LogP contribution in [0.3, 0.4) is 0 Å². The van der Waals surface area contributed by atoms with Gasteiger partial charge in [0.2, 0.25) is 10.0 Å². The number of imidazole rings is 1. The predicted molar refractivity (Wildman–Crippen MR) is 132 cm³/mol. The van der Waals surface area contributed by atoms with E-state index in [0.717, 1.165) is 16.8 Å². The lowest BCUT2D eigenvalue weighted by Gasteiger charge is -2.31. The molecule has 10 heteroatoms. The smallest absolute Gasteiger partial charge is 0.251 e. The summed E-state index contributed by atoms with van der Waals surface area (Å²) in [7, 11) is -1.67. The highest BCUT2D eigenvalue weighted by molar-refractivity contribution is 7.98. The van der Waals surface area contributed by atoms with Crippen LogP contribution in [0.4, 0.5) is 0 Å². The Bertz CT molecular complexity index is 1190. The number of nitrogens with zero attached hydrogens (tertiary/aromatic N) is 3. The highest BCUT2D eigenvalue weighted by Gasteiger charge is 2.28. The van der Waals surface area contributed by atoms with E-state index in [1.165, 1.54) is 10.4 Å². The van der Waals surface area contributed by atoms with Crippen molar-refractivity contribution in [3.8, 4) is 0 Å². The van der Waals surface area contributed by atoms with Gasteiger partial charge in [-0.3, -0.25) is 4.79 Å². The van der Waals surface area contributed by atoms with Gasteiger partial charge in [0.1, 0.15) is 5.82 Å². The normalized spacial score (nSPS) is 16.7. The summed E-state index contributed by atoms with van der Waals surface area (Å²) in [6, 6.07) is 13.7. The molecule has 0 unspecified atom stereocenters. The van der Waals surface area contributed by atoms with Crippen molar-refractivity contribution in [3.63, 3.8) is 0 Å². The molecule has 1 aromatic heterocycles. The van der Waals surface area contributed by atoms with Crippen LogP contribution < -0.4 is 5.32 Å². The van der Waals surface area contributed by atoms with Crippen LogP contribution in [0.2, 0.25) is 0 Å². The molecule has 1 aliphatic heterocycles. The Labute approximate surface area is 198 Å². The van der Waals surface area contributed by atoms with Gasteiger partial charge in [0.25, 0.3) is 5.91 Å². The van der Waals surface area contributed by atoms with Crippen molar-refractivity contribution in [1.82, 2.24) is 24.5 Å². The van der Waals surface area contributed by atoms with Crippen LogP contribution in [0.15, 0.2) is 53.4 Å². The summed E-state index contributed by atoms with van der Waals surface area (Å²) < 4.78 is 27.7. The lowest BCUT2D eigenvalue weighted by atomic mass is 10.1. The molecule has 2 heterocycles. The van der Waals surface area contributed by atoms with E-state index in [0.29, 0.717) is 44.0 Å². The van der Waals surface area contributed by atoms with E-state index in [1.54, 1.807) is 30.0 Å². The van der Waals surface area contributed by atoms with E-state index in [-0.39, 0.29) is 16.8 Å². The van der Waals surface area contributed by atoms with E-state index in [4.69, 9.17) is 0 Å².